The number of nitrogens with zero attached hydrogens (tertiary/aromatic N) is 1. The molecule has 0 aliphatic rings. The van der Waals surface area contributed by atoms with Crippen molar-refractivity contribution in [3.05, 3.63) is 59.4 Å². The molecule has 3 N–H and O–H groups in total. The van der Waals surface area contributed by atoms with Gasteiger partial charge in [-0.3, -0.25) is 19.4 Å². The van der Waals surface area contributed by atoms with Crippen LogP contribution in [0.3, 0.4) is 0 Å². The molecule has 1 aromatic heterocycles. The smallest absolute Gasteiger partial charge is 0.308 e. The number of pyridine rings is 1. The Hall–Kier alpha value is -3.42. The molecule has 1 heterocycles. The van der Waals surface area contributed by atoms with Gasteiger partial charge in [0.25, 0.3) is 11.8 Å². The van der Waals surface area contributed by atoms with Crippen LogP contribution in [0.15, 0.2) is 42.6 Å². The largest absolute Gasteiger partial charge is 0.494 e. The maximum Gasteiger partial charge on any atom is 0.308 e. The SMILES string of the molecule is CCOc1ccc(CC(CNC(=O)c2ccc(C(=O)NC)nc2)C(=O)O)cc1. The Balaban J connectivity index is 1.95. The molecule has 28 heavy (non-hydrogen) atoms. The summed E-state index contributed by atoms with van der Waals surface area (Å²) in [6.07, 6.45) is 1.55. The summed E-state index contributed by atoms with van der Waals surface area (Å²) < 4.78 is 5.37. The van der Waals surface area contributed by atoms with Crippen molar-refractivity contribution >= 4 is 17.8 Å². The van der Waals surface area contributed by atoms with Crippen molar-refractivity contribution in [2.45, 2.75) is 13.3 Å². The van der Waals surface area contributed by atoms with Gasteiger partial charge in [-0.25, -0.2) is 0 Å². The van der Waals surface area contributed by atoms with E-state index in [0.717, 1.165) is 11.3 Å². The highest BCUT2D eigenvalue weighted by Crippen LogP contribution is 2.15. The number of carboxylic acids is 1. The van der Waals surface area contributed by atoms with Crippen LogP contribution in [-0.2, 0) is 11.2 Å². The van der Waals surface area contributed by atoms with Gasteiger partial charge >= 0.3 is 5.97 Å². The molecule has 0 aliphatic carbocycles. The van der Waals surface area contributed by atoms with Crippen molar-refractivity contribution in [1.82, 2.24) is 15.6 Å². The highest BCUT2D eigenvalue weighted by molar-refractivity contribution is 5.96. The molecule has 0 fully saturated rings. The molecule has 1 aromatic carbocycles. The fourth-order valence-corrected chi connectivity index (χ4v) is 2.53. The molecule has 2 rings (SSSR count). The van der Waals surface area contributed by atoms with Gasteiger partial charge in [0.2, 0.25) is 0 Å². The van der Waals surface area contributed by atoms with Gasteiger partial charge in [-0.05, 0) is 43.2 Å². The van der Waals surface area contributed by atoms with Gasteiger partial charge in [-0.1, -0.05) is 12.1 Å². The Morgan fingerprint density at radius 3 is 2.36 bits per heavy atom. The summed E-state index contributed by atoms with van der Waals surface area (Å²) in [6.45, 7) is 2.42. The number of amides is 2. The van der Waals surface area contributed by atoms with E-state index in [1.54, 1.807) is 12.1 Å². The topological polar surface area (TPSA) is 118 Å². The first kappa shape index (κ1) is 20.9. The first-order chi connectivity index (χ1) is 13.4. The lowest BCUT2D eigenvalue weighted by atomic mass is 9.99. The molecule has 0 aliphatic heterocycles. The van der Waals surface area contributed by atoms with E-state index in [2.05, 4.69) is 15.6 Å². The number of carboxylic acid groups (broad SMARTS) is 1. The summed E-state index contributed by atoms with van der Waals surface area (Å²) in [6, 6.07) is 10.1. The third kappa shape index (κ3) is 5.80. The van der Waals surface area contributed by atoms with Crippen LogP contribution >= 0.6 is 0 Å². The number of rotatable bonds is 9. The number of hydrogen-bond donors (Lipinski definition) is 3. The number of carbonyl (C=O) groups excluding carboxylic acids is 2. The second-order valence-corrected chi connectivity index (χ2v) is 6.04. The number of aliphatic carboxylic acids is 1. The third-order valence-corrected chi connectivity index (χ3v) is 4.06. The van der Waals surface area contributed by atoms with Crippen LogP contribution in [0.4, 0.5) is 0 Å². The van der Waals surface area contributed by atoms with Crippen molar-refractivity contribution in [2.24, 2.45) is 5.92 Å². The number of hydrogen-bond acceptors (Lipinski definition) is 5. The monoisotopic (exact) mass is 385 g/mol. The normalized spacial score (nSPS) is 11.4. The van der Waals surface area contributed by atoms with E-state index in [1.165, 1.54) is 25.4 Å². The third-order valence-electron chi connectivity index (χ3n) is 4.06. The molecular weight excluding hydrogens is 362 g/mol. The molecule has 0 bridgehead atoms. The molecule has 8 heteroatoms. The Morgan fingerprint density at radius 2 is 1.82 bits per heavy atom. The molecule has 2 aromatic rings. The summed E-state index contributed by atoms with van der Waals surface area (Å²) in [5.41, 5.74) is 1.28. The van der Waals surface area contributed by atoms with Crippen LogP contribution in [0.5, 0.6) is 5.75 Å². The van der Waals surface area contributed by atoms with Crippen LogP contribution in [0.1, 0.15) is 33.3 Å². The standard InChI is InChI=1S/C20H23N3O5/c1-3-28-16-7-4-13(5-8-16)10-15(20(26)27)12-23-18(24)14-6-9-17(22-11-14)19(25)21-2/h4-9,11,15H,3,10,12H2,1-2H3,(H,21,25)(H,23,24)(H,26,27). The quantitative estimate of drug-likeness (QED) is 0.602. The van der Waals surface area contributed by atoms with Crippen LogP contribution in [0.2, 0.25) is 0 Å². The van der Waals surface area contributed by atoms with E-state index in [4.69, 9.17) is 4.74 Å². The molecule has 1 unspecified atom stereocenters. The lowest BCUT2D eigenvalue weighted by Crippen LogP contribution is -2.34. The molecule has 148 valence electrons. The van der Waals surface area contributed by atoms with E-state index < -0.39 is 17.8 Å². The zero-order valence-electron chi connectivity index (χ0n) is 15.8. The van der Waals surface area contributed by atoms with Crippen molar-refractivity contribution in [2.75, 3.05) is 20.2 Å². The van der Waals surface area contributed by atoms with Crippen molar-refractivity contribution in [3.63, 3.8) is 0 Å². The number of carbonyl (C=O) groups is 3. The number of nitrogens with one attached hydrogen (secondary N) is 2. The van der Waals surface area contributed by atoms with Crippen molar-refractivity contribution in [1.29, 1.82) is 0 Å². The predicted octanol–water partition coefficient (Wildman–Crippen LogP) is 1.51. The highest BCUT2D eigenvalue weighted by atomic mass is 16.5. The zero-order valence-corrected chi connectivity index (χ0v) is 15.8. The fourth-order valence-electron chi connectivity index (χ4n) is 2.53. The number of aromatic nitrogens is 1. The minimum Gasteiger partial charge on any atom is -0.494 e. The first-order valence-electron chi connectivity index (χ1n) is 8.85. The lowest BCUT2D eigenvalue weighted by Gasteiger charge is -2.14. The second kappa shape index (κ2) is 10.1. The fraction of sp³-hybridized carbons (Fsp3) is 0.300. The molecule has 0 saturated carbocycles. The number of benzene rings is 1. The van der Waals surface area contributed by atoms with E-state index in [1.807, 2.05) is 19.1 Å². The minimum atomic E-state index is -0.998. The summed E-state index contributed by atoms with van der Waals surface area (Å²) in [7, 11) is 1.49. The zero-order chi connectivity index (χ0) is 20.5. The van der Waals surface area contributed by atoms with Crippen molar-refractivity contribution in [3.8, 4) is 5.75 Å². The maximum absolute atomic E-state index is 12.2. The average molecular weight is 385 g/mol. The Labute approximate surface area is 162 Å². The molecular formula is C20H23N3O5. The van der Waals surface area contributed by atoms with Crippen LogP contribution < -0.4 is 15.4 Å². The molecule has 0 saturated heterocycles. The predicted molar refractivity (Wildman–Crippen MR) is 102 cm³/mol. The van der Waals surface area contributed by atoms with E-state index in [0.29, 0.717) is 6.61 Å². The lowest BCUT2D eigenvalue weighted by molar-refractivity contribution is -0.141. The Bertz CT molecular complexity index is 819. The van der Waals surface area contributed by atoms with Gasteiger partial charge in [-0.15, -0.1) is 0 Å². The van der Waals surface area contributed by atoms with Gasteiger partial charge in [0.1, 0.15) is 11.4 Å². The minimum absolute atomic E-state index is 0.0292. The van der Waals surface area contributed by atoms with Gasteiger partial charge in [0, 0.05) is 19.8 Å². The summed E-state index contributed by atoms with van der Waals surface area (Å²) in [5.74, 6) is -1.86. The van der Waals surface area contributed by atoms with Crippen LogP contribution in [0.25, 0.3) is 0 Å². The first-order valence-corrected chi connectivity index (χ1v) is 8.85. The molecule has 2 amide bonds. The van der Waals surface area contributed by atoms with Gasteiger partial charge in [0.15, 0.2) is 0 Å². The summed E-state index contributed by atoms with van der Waals surface area (Å²) >= 11 is 0. The van der Waals surface area contributed by atoms with E-state index >= 15 is 0 Å². The summed E-state index contributed by atoms with van der Waals surface area (Å²) in [5, 5.41) is 14.5. The van der Waals surface area contributed by atoms with Gasteiger partial charge in [-0.2, -0.15) is 0 Å². The summed E-state index contributed by atoms with van der Waals surface area (Å²) in [4.78, 5) is 39.2. The van der Waals surface area contributed by atoms with Gasteiger partial charge in [0.05, 0.1) is 18.1 Å². The average Bonchev–Trinajstić information content (AvgIpc) is 2.71. The second-order valence-electron chi connectivity index (χ2n) is 6.04. The maximum atomic E-state index is 12.2. The molecule has 1 atom stereocenters. The molecule has 0 spiro atoms. The number of ether oxygens (including phenoxy) is 1. The van der Waals surface area contributed by atoms with Crippen LogP contribution in [0, 0.1) is 5.92 Å². The highest BCUT2D eigenvalue weighted by Gasteiger charge is 2.20. The Morgan fingerprint density at radius 1 is 1.11 bits per heavy atom. The van der Waals surface area contributed by atoms with Crippen LogP contribution in [-0.4, -0.2) is 48.1 Å². The van der Waals surface area contributed by atoms with E-state index in [-0.39, 0.29) is 30.1 Å². The Kier molecular flexibility index (Phi) is 7.50. The van der Waals surface area contributed by atoms with Gasteiger partial charge < -0.3 is 20.5 Å². The molecule has 8 nitrogen and oxygen atoms in total. The molecule has 0 radical (unpaired) electrons. The van der Waals surface area contributed by atoms with E-state index in [9.17, 15) is 19.5 Å². The van der Waals surface area contributed by atoms with Crippen molar-refractivity contribution < 1.29 is 24.2 Å².